The fourth-order valence-electron chi connectivity index (χ4n) is 2.76. The number of piperidine rings is 1. The topological polar surface area (TPSA) is 107 Å². The molecule has 1 aromatic carbocycles. The molecular weight excluding hydrogens is 294 g/mol. The summed E-state index contributed by atoms with van der Waals surface area (Å²) >= 11 is 0. The Bertz CT molecular complexity index is 645. The number of nitro benzene ring substituents is 1. The summed E-state index contributed by atoms with van der Waals surface area (Å²) in [6.07, 6.45) is 2.36. The third-order valence-electron chi connectivity index (χ3n) is 3.80. The second-order valence-electron chi connectivity index (χ2n) is 5.18. The molecule has 8 heteroatoms. The fraction of sp³-hybridized carbons (Fsp3) is 0.538. The highest BCUT2D eigenvalue weighted by molar-refractivity contribution is 7.89. The third kappa shape index (κ3) is 2.92. The van der Waals surface area contributed by atoms with E-state index in [-0.39, 0.29) is 23.2 Å². The van der Waals surface area contributed by atoms with Crippen LogP contribution in [0.3, 0.4) is 0 Å². The van der Waals surface area contributed by atoms with Crippen LogP contribution < -0.4 is 5.73 Å². The summed E-state index contributed by atoms with van der Waals surface area (Å²) in [5.74, 6) is 0. The largest absolute Gasteiger partial charge is 0.329 e. The molecule has 0 spiro atoms. The Hall–Kier alpha value is -1.51. The molecule has 2 rings (SSSR count). The summed E-state index contributed by atoms with van der Waals surface area (Å²) in [7, 11) is -3.92. The van der Waals surface area contributed by atoms with Gasteiger partial charge in [0.15, 0.2) is 4.90 Å². The first-order valence-electron chi connectivity index (χ1n) is 6.85. The van der Waals surface area contributed by atoms with Crippen molar-refractivity contribution in [3.8, 4) is 0 Å². The van der Waals surface area contributed by atoms with Crippen LogP contribution >= 0.6 is 0 Å². The molecule has 0 aromatic heterocycles. The predicted molar refractivity (Wildman–Crippen MR) is 78.4 cm³/mol. The Kier molecular flexibility index (Phi) is 4.60. The van der Waals surface area contributed by atoms with Crippen LogP contribution in [0.4, 0.5) is 5.69 Å². The van der Waals surface area contributed by atoms with E-state index in [9.17, 15) is 18.5 Å². The van der Waals surface area contributed by atoms with Crippen LogP contribution in [0.15, 0.2) is 23.1 Å². The minimum Gasteiger partial charge on any atom is -0.329 e. The molecule has 1 aliphatic rings. The van der Waals surface area contributed by atoms with Gasteiger partial charge in [0.25, 0.3) is 5.69 Å². The van der Waals surface area contributed by atoms with Crippen LogP contribution in [0.1, 0.15) is 24.8 Å². The molecule has 0 bridgehead atoms. The zero-order valence-corrected chi connectivity index (χ0v) is 12.7. The van der Waals surface area contributed by atoms with Crippen LogP contribution in [0.2, 0.25) is 0 Å². The van der Waals surface area contributed by atoms with E-state index in [1.165, 1.54) is 16.4 Å². The van der Waals surface area contributed by atoms with E-state index >= 15 is 0 Å². The molecule has 116 valence electrons. The third-order valence-corrected chi connectivity index (χ3v) is 5.94. The lowest BCUT2D eigenvalue weighted by Gasteiger charge is -2.34. The molecule has 0 aliphatic carbocycles. The second-order valence-corrected chi connectivity index (χ2v) is 7.01. The number of aryl methyl sites for hydroxylation is 1. The van der Waals surface area contributed by atoms with Crippen molar-refractivity contribution >= 4 is 15.7 Å². The van der Waals surface area contributed by atoms with E-state index in [1.807, 2.05) is 0 Å². The highest BCUT2D eigenvalue weighted by Gasteiger charge is 2.37. The normalized spacial score (nSPS) is 20.4. The summed E-state index contributed by atoms with van der Waals surface area (Å²) in [6.45, 7) is 2.15. The Labute approximate surface area is 123 Å². The second kappa shape index (κ2) is 6.08. The van der Waals surface area contributed by atoms with E-state index in [4.69, 9.17) is 5.73 Å². The maximum Gasteiger partial charge on any atom is 0.289 e. The van der Waals surface area contributed by atoms with Gasteiger partial charge in [0, 0.05) is 25.2 Å². The molecule has 1 unspecified atom stereocenters. The zero-order valence-electron chi connectivity index (χ0n) is 11.9. The first-order valence-corrected chi connectivity index (χ1v) is 8.29. The van der Waals surface area contributed by atoms with Crippen LogP contribution in [-0.4, -0.2) is 36.8 Å². The number of benzene rings is 1. The molecule has 0 radical (unpaired) electrons. The highest BCUT2D eigenvalue weighted by atomic mass is 32.2. The quantitative estimate of drug-likeness (QED) is 0.668. The van der Waals surface area contributed by atoms with Crippen molar-refractivity contribution in [3.63, 3.8) is 0 Å². The molecule has 1 aromatic rings. The molecule has 1 heterocycles. The van der Waals surface area contributed by atoms with E-state index < -0.39 is 14.9 Å². The number of sulfonamides is 1. The monoisotopic (exact) mass is 313 g/mol. The van der Waals surface area contributed by atoms with Crippen LogP contribution in [0.5, 0.6) is 0 Å². The van der Waals surface area contributed by atoms with Crippen molar-refractivity contribution in [1.29, 1.82) is 0 Å². The lowest BCUT2D eigenvalue weighted by molar-refractivity contribution is -0.387. The molecule has 1 fully saturated rings. The van der Waals surface area contributed by atoms with Gasteiger partial charge in [-0.3, -0.25) is 10.1 Å². The van der Waals surface area contributed by atoms with Crippen LogP contribution in [0.25, 0.3) is 0 Å². The van der Waals surface area contributed by atoms with Gasteiger partial charge in [-0.2, -0.15) is 4.31 Å². The van der Waals surface area contributed by atoms with Gasteiger partial charge in [0.1, 0.15) is 0 Å². The minimum absolute atomic E-state index is 0.213. The minimum atomic E-state index is -3.92. The zero-order chi connectivity index (χ0) is 15.6. The van der Waals surface area contributed by atoms with Crippen LogP contribution in [0, 0.1) is 17.0 Å². The number of nitrogens with zero attached hydrogens (tertiary/aromatic N) is 2. The molecule has 7 nitrogen and oxygen atoms in total. The van der Waals surface area contributed by atoms with Gasteiger partial charge >= 0.3 is 0 Å². The van der Waals surface area contributed by atoms with Gasteiger partial charge < -0.3 is 5.73 Å². The van der Waals surface area contributed by atoms with Crippen LogP contribution in [-0.2, 0) is 10.0 Å². The number of nitrogens with two attached hydrogens (primary N) is 1. The van der Waals surface area contributed by atoms with Gasteiger partial charge in [-0.25, -0.2) is 8.42 Å². The molecular formula is C13H19N3O4S. The molecule has 21 heavy (non-hydrogen) atoms. The van der Waals surface area contributed by atoms with E-state index in [1.54, 1.807) is 13.0 Å². The summed E-state index contributed by atoms with van der Waals surface area (Å²) in [5, 5.41) is 11.2. The van der Waals surface area contributed by atoms with Crippen molar-refractivity contribution in [2.45, 2.75) is 37.1 Å². The van der Waals surface area contributed by atoms with Crippen molar-refractivity contribution < 1.29 is 13.3 Å². The van der Waals surface area contributed by atoms with Gasteiger partial charge in [-0.1, -0.05) is 18.6 Å². The average molecular weight is 313 g/mol. The molecule has 1 atom stereocenters. The Balaban J connectivity index is 2.56. The van der Waals surface area contributed by atoms with E-state index in [2.05, 4.69) is 0 Å². The van der Waals surface area contributed by atoms with Crippen molar-refractivity contribution in [3.05, 3.63) is 33.9 Å². The lowest BCUT2D eigenvalue weighted by atomic mass is 10.1. The summed E-state index contributed by atoms with van der Waals surface area (Å²) in [6, 6.07) is 3.99. The van der Waals surface area contributed by atoms with Crippen molar-refractivity contribution in [2.24, 2.45) is 5.73 Å². The molecule has 1 aliphatic heterocycles. The Morgan fingerprint density at radius 1 is 1.43 bits per heavy atom. The van der Waals surface area contributed by atoms with Gasteiger partial charge in [0.2, 0.25) is 10.0 Å². The lowest BCUT2D eigenvalue weighted by Crippen LogP contribution is -2.47. The Morgan fingerprint density at radius 2 is 2.14 bits per heavy atom. The van der Waals surface area contributed by atoms with Gasteiger partial charge in [-0.15, -0.1) is 0 Å². The average Bonchev–Trinajstić information content (AvgIpc) is 2.46. The smallest absolute Gasteiger partial charge is 0.289 e. The first-order chi connectivity index (χ1) is 9.89. The maximum absolute atomic E-state index is 12.9. The summed E-state index contributed by atoms with van der Waals surface area (Å²) in [4.78, 5) is 10.3. The van der Waals surface area contributed by atoms with E-state index in [0.717, 1.165) is 12.8 Å². The van der Waals surface area contributed by atoms with Crippen molar-refractivity contribution in [2.75, 3.05) is 13.1 Å². The molecule has 1 saturated heterocycles. The number of nitro groups is 1. The standard InChI is InChI=1S/C13H19N3O4S/c1-10-5-4-7-12(16(17)18)13(10)21(19,20)15-8-3-2-6-11(15)9-14/h4-5,7,11H,2-3,6,8-9,14H2,1H3. The molecule has 0 saturated carbocycles. The summed E-state index contributed by atoms with van der Waals surface area (Å²) in [5.41, 5.74) is 5.67. The Morgan fingerprint density at radius 3 is 2.76 bits per heavy atom. The summed E-state index contributed by atoms with van der Waals surface area (Å²) < 4.78 is 27.1. The number of hydrogen-bond donors (Lipinski definition) is 1. The van der Waals surface area contributed by atoms with Gasteiger partial charge in [-0.05, 0) is 25.3 Å². The predicted octanol–water partition coefficient (Wildman–Crippen LogP) is 1.41. The molecule has 0 amide bonds. The fourth-order valence-corrected chi connectivity index (χ4v) is 4.83. The van der Waals surface area contributed by atoms with Crippen molar-refractivity contribution in [1.82, 2.24) is 4.31 Å². The number of rotatable bonds is 4. The maximum atomic E-state index is 12.9. The highest BCUT2D eigenvalue weighted by Crippen LogP contribution is 2.32. The SMILES string of the molecule is Cc1cccc([N+](=O)[O-])c1S(=O)(=O)N1CCCCC1CN. The van der Waals surface area contributed by atoms with Gasteiger partial charge in [0.05, 0.1) is 4.92 Å². The first kappa shape index (κ1) is 15.9. The number of hydrogen-bond acceptors (Lipinski definition) is 5. The van der Waals surface area contributed by atoms with E-state index in [0.29, 0.717) is 18.5 Å². The molecule has 2 N–H and O–H groups in total.